The molecular weight excluding hydrogens is 250 g/mol. The number of hydrogen-bond acceptors (Lipinski definition) is 4. The van der Waals surface area contributed by atoms with Crippen LogP contribution in [0.25, 0.3) is 0 Å². The van der Waals surface area contributed by atoms with Crippen LogP contribution in [0.15, 0.2) is 36.4 Å². The number of aryl methyl sites for hydroxylation is 1. The normalized spacial score (nSPS) is 10.3. The van der Waals surface area contributed by atoms with E-state index in [9.17, 15) is 0 Å². The molecule has 2 aromatic rings. The third kappa shape index (κ3) is 3.63. The third-order valence-corrected chi connectivity index (χ3v) is 3.08. The number of aromatic nitrogens is 1. The van der Waals surface area contributed by atoms with Crippen molar-refractivity contribution in [1.29, 1.82) is 0 Å². The molecule has 0 atom stereocenters. The van der Waals surface area contributed by atoms with E-state index in [4.69, 9.17) is 10.5 Å². The summed E-state index contributed by atoms with van der Waals surface area (Å²) < 4.78 is 5.38. The van der Waals surface area contributed by atoms with Crippen molar-refractivity contribution < 1.29 is 4.74 Å². The van der Waals surface area contributed by atoms with Gasteiger partial charge in [0.2, 0.25) is 5.88 Å². The lowest BCUT2D eigenvalue weighted by molar-refractivity contribution is 0.329. The zero-order valence-electron chi connectivity index (χ0n) is 12.0. The Hall–Kier alpha value is -2.23. The number of rotatable bonds is 6. The van der Waals surface area contributed by atoms with E-state index >= 15 is 0 Å². The number of nitrogen functional groups attached to an aromatic ring is 1. The smallest absolute Gasteiger partial charge is 0.239 e. The zero-order chi connectivity index (χ0) is 14.4. The van der Waals surface area contributed by atoms with Crippen LogP contribution in [0.4, 0.5) is 11.5 Å². The highest BCUT2D eigenvalue weighted by Crippen LogP contribution is 2.21. The highest BCUT2D eigenvalue weighted by Gasteiger charge is 2.03. The minimum atomic E-state index is 0.485. The van der Waals surface area contributed by atoms with Crippen molar-refractivity contribution in [3.05, 3.63) is 47.5 Å². The Morgan fingerprint density at radius 3 is 2.40 bits per heavy atom. The number of anilines is 2. The Bertz CT molecular complexity index is 552. The Labute approximate surface area is 120 Å². The van der Waals surface area contributed by atoms with Crippen LogP contribution in [0, 0.1) is 0 Å². The summed E-state index contributed by atoms with van der Waals surface area (Å²) in [6.07, 6.45) is 1.06. The van der Waals surface area contributed by atoms with E-state index in [-0.39, 0.29) is 0 Å². The van der Waals surface area contributed by atoms with Crippen LogP contribution in [0.2, 0.25) is 0 Å². The molecule has 1 heterocycles. The molecule has 20 heavy (non-hydrogen) atoms. The largest absolute Gasteiger partial charge is 0.476 e. The van der Waals surface area contributed by atoms with E-state index in [1.165, 1.54) is 11.1 Å². The van der Waals surface area contributed by atoms with Crippen LogP contribution < -0.4 is 15.8 Å². The summed E-state index contributed by atoms with van der Waals surface area (Å²) in [5.41, 5.74) is 8.93. The van der Waals surface area contributed by atoms with Gasteiger partial charge < -0.3 is 15.8 Å². The number of nitrogens with zero attached hydrogens (tertiary/aromatic N) is 1. The van der Waals surface area contributed by atoms with E-state index in [0.29, 0.717) is 18.2 Å². The van der Waals surface area contributed by atoms with Gasteiger partial charge in [0.05, 0.1) is 12.3 Å². The molecule has 0 saturated heterocycles. The van der Waals surface area contributed by atoms with Crippen molar-refractivity contribution in [2.75, 3.05) is 17.7 Å². The van der Waals surface area contributed by atoms with E-state index in [2.05, 4.69) is 41.5 Å². The summed E-state index contributed by atoms with van der Waals surface area (Å²) in [4.78, 5) is 4.35. The van der Waals surface area contributed by atoms with Crippen molar-refractivity contribution in [2.24, 2.45) is 0 Å². The van der Waals surface area contributed by atoms with Gasteiger partial charge in [-0.2, -0.15) is 4.98 Å². The van der Waals surface area contributed by atoms with E-state index in [0.717, 1.165) is 18.8 Å². The standard InChI is InChI=1S/C16H21N3O/c1-3-12-5-7-13(8-6-12)11-18-15-10-9-14(17)16(19-15)20-4-2/h5-10H,3-4,11,17H2,1-2H3,(H,18,19). The molecule has 0 aliphatic rings. The quantitative estimate of drug-likeness (QED) is 0.846. The second-order valence-electron chi connectivity index (χ2n) is 4.55. The number of nitrogens with two attached hydrogens (primary N) is 1. The topological polar surface area (TPSA) is 60.2 Å². The fourth-order valence-corrected chi connectivity index (χ4v) is 1.89. The zero-order valence-corrected chi connectivity index (χ0v) is 12.0. The molecule has 4 nitrogen and oxygen atoms in total. The molecule has 0 amide bonds. The highest BCUT2D eigenvalue weighted by molar-refractivity contribution is 5.53. The molecular formula is C16H21N3O. The maximum atomic E-state index is 5.80. The number of ether oxygens (including phenoxy) is 1. The number of nitrogens with one attached hydrogen (secondary N) is 1. The first-order chi connectivity index (χ1) is 9.72. The number of hydrogen-bond donors (Lipinski definition) is 2. The first-order valence-corrected chi connectivity index (χ1v) is 6.94. The van der Waals surface area contributed by atoms with Crippen LogP contribution >= 0.6 is 0 Å². The van der Waals surface area contributed by atoms with Crippen LogP contribution in [-0.2, 0) is 13.0 Å². The fraction of sp³-hybridized carbons (Fsp3) is 0.312. The number of pyridine rings is 1. The van der Waals surface area contributed by atoms with E-state index < -0.39 is 0 Å². The van der Waals surface area contributed by atoms with Crippen molar-refractivity contribution in [1.82, 2.24) is 4.98 Å². The fourth-order valence-electron chi connectivity index (χ4n) is 1.89. The molecule has 0 bridgehead atoms. The van der Waals surface area contributed by atoms with Crippen molar-refractivity contribution in [2.45, 2.75) is 26.8 Å². The van der Waals surface area contributed by atoms with Gasteiger partial charge in [-0.3, -0.25) is 0 Å². The summed E-state index contributed by atoms with van der Waals surface area (Å²) in [7, 11) is 0. The molecule has 1 aromatic heterocycles. The monoisotopic (exact) mass is 271 g/mol. The molecule has 0 radical (unpaired) electrons. The van der Waals surface area contributed by atoms with Gasteiger partial charge in [-0.05, 0) is 36.6 Å². The molecule has 0 saturated carbocycles. The molecule has 4 heteroatoms. The maximum absolute atomic E-state index is 5.80. The van der Waals surface area contributed by atoms with E-state index in [1.54, 1.807) is 6.07 Å². The molecule has 0 aliphatic heterocycles. The SMILES string of the molecule is CCOc1nc(NCc2ccc(CC)cc2)ccc1N. The lowest BCUT2D eigenvalue weighted by atomic mass is 10.1. The Morgan fingerprint density at radius 1 is 1.05 bits per heavy atom. The van der Waals surface area contributed by atoms with Gasteiger partial charge in [-0.25, -0.2) is 0 Å². The van der Waals surface area contributed by atoms with Gasteiger partial charge in [-0.1, -0.05) is 31.2 Å². The molecule has 3 N–H and O–H groups in total. The summed E-state index contributed by atoms with van der Waals surface area (Å²) in [6.45, 7) is 5.35. The average Bonchev–Trinajstić information content (AvgIpc) is 2.49. The summed E-state index contributed by atoms with van der Waals surface area (Å²) in [6, 6.07) is 12.2. The minimum Gasteiger partial charge on any atom is -0.476 e. The predicted molar refractivity (Wildman–Crippen MR) is 83.0 cm³/mol. The highest BCUT2D eigenvalue weighted by atomic mass is 16.5. The Balaban J connectivity index is 2.00. The van der Waals surface area contributed by atoms with Crippen LogP contribution in [0.3, 0.4) is 0 Å². The summed E-state index contributed by atoms with van der Waals surface area (Å²) in [5, 5.41) is 3.28. The molecule has 106 valence electrons. The van der Waals surface area contributed by atoms with Gasteiger partial charge in [0.15, 0.2) is 0 Å². The lowest BCUT2D eigenvalue weighted by Crippen LogP contribution is -2.05. The molecule has 2 rings (SSSR count). The molecule has 0 spiro atoms. The van der Waals surface area contributed by atoms with Gasteiger partial charge in [0, 0.05) is 6.54 Å². The summed E-state index contributed by atoms with van der Waals surface area (Å²) >= 11 is 0. The van der Waals surface area contributed by atoms with Gasteiger partial charge in [0.25, 0.3) is 0 Å². The van der Waals surface area contributed by atoms with Crippen molar-refractivity contribution in [3.63, 3.8) is 0 Å². The van der Waals surface area contributed by atoms with Gasteiger partial charge in [-0.15, -0.1) is 0 Å². The Morgan fingerprint density at radius 2 is 1.75 bits per heavy atom. The maximum Gasteiger partial charge on any atom is 0.239 e. The van der Waals surface area contributed by atoms with Crippen LogP contribution in [0.5, 0.6) is 5.88 Å². The molecule has 1 aromatic carbocycles. The minimum absolute atomic E-state index is 0.485. The lowest BCUT2D eigenvalue weighted by Gasteiger charge is -2.10. The van der Waals surface area contributed by atoms with Gasteiger partial charge >= 0.3 is 0 Å². The second-order valence-corrected chi connectivity index (χ2v) is 4.55. The molecule has 0 aliphatic carbocycles. The predicted octanol–water partition coefficient (Wildman–Crippen LogP) is 3.24. The van der Waals surface area contributed by atoms with Crippen LogP contribution in [-0.4, -0.2) is 11.6 Å². The first kappa shape index (κ1) is 14.2. The first-order valence-electron chi connectivity index (χ1n) is 6.94. The Kier molecular flexibility index (Phi) is 4.82. The van der Waals surface area contributed by atoms with Crippen molar-refractivity contribution in [3.8, 4) is 5.88 Å². The second kappa shape index (κ2) is 6.80. The summed E-state index contributed by atoms with van der Waals surface area (Å²) in [5.74, 6) is 1.25. The van der Waals surface area contributed by atoms with Crippen LogP contribution in [0.1, 0.15) is 25.0 Å². The third-order valence-electron chi connectivity index (χ3n) is 3.08. The van der Waals surface area contributed by atoms with E-state index in [1.807, 2.05) is 13.0 Å². The molecule has 0 fully saturated rings. The van der Waals surface area contributed by atoms with Gasteiger partial charge in [0.1, 0.15) is 5.82 Å². The average molecular weight is 271 g/mol. The number of benzene rings is 1. The van der Waals surface area contributed by atoms with Crippen molar-refractivity contribution >= 4 is 11.5 Å². The molecule has 0 unspecified atom stereocenters.